The number of sulfonamides is 1. The van der Waals surface area contributed by atoms with Crippen LogP contribution in [0.3, 0.4) is 0 Å². The van der Waals surface area contributed by atoms with E-state index in [1.54, 1.807) is 6.92 Å². The number of amides is 1. The van der Waals surface area contributed by atoms with Gasteiger partial charge in [0.25, 0.3) is 5.91 Å². The minimum atomic E-state index is -3.71. The molecule has 1 amide bonds. The van der Waals surface area contributed by atoms with E-state index in [1.165, 1.54) is 18.2 Å². The topological polar surface area (TPSA) is 75.3 Å². The molecule has 0 unspecified atom stereocenters. The fourth-order valence-corrected chi connectivity index (χ4v) is 3.61. The molecule has 8 heteroatoms. The van der Waals surface area contributed by atoms with Crippen LogP contribution in [0.2, 0.25) is 0 Å². The van der Waals surface area contributed by atoms with E-state index in [4.69, 9.17) is 0 Å². The molecule has 25 heavy (non-hydrogen) atoms. The van der Waals surface area contributed by atoms with Crippen molar-refractivity contribution in [3.63, 3.8) is 0 Å². The van der Waals surface area contributed by atoms with Gasteiger partial charge in [-0.15, -0.1) is 0 Å². The average Bonchev–Trinajstić information content (AvgIpc) is 3.33. The van der Waals surface area contributed by atoms with Crippen molar-refractivity contribution in [3.05, 3.63) is 59.2 Å². The van der Waals surface area contributed by atoms with Gasteiger partial charge >= 0.3 is 0 Å². The van der Waals surface area contributed by atoms with Crippen LogP contribution in [0.15, 0.2) is 41.3 Å². The number of hydrogen-bond donors (Lipinski definition) is 2. The highest BCUT2D eigenvalue weighted by molar-refractivity contribution is 7.89. The van der Waals surface area contributed by atoms with Gasteiger partial charge in [0.1, 0.15) is 11.6 Å². The zero-order valence-electron chi connectivity index (χ0n) is 13.3. The fourth-order valence-electron chi connectivity index (χ4n) is 2.28. The molecule has 1 fully saturated rings. The van der Waals surface area contributed by atoms with Crippen molar-refractivity contribution in [1.29, 1.82) is 0 Å². The molecule has 132 valence electrons. The summed E-state index contributed by atoms with van der Waals surface area (Å²) in [6.45, 7) is 1.64. The van der Waals surface area contributed by atoms with Crippen molar-refractivity contribution in [2.75, 3.05) is 5.32 Å². The molecule has 0 atom stereocenters. The largest absolute Gasteiger partial charge is 0.319 e. The number of carbonyl (C=O) groups is 1. The Morgan fingerprint density at radius 3 is 2.48 bits per heavy atom. The summed E-state index contributed by atoms with van der Waals surface area (Å²) in [5, 5.41) is 2.33. The van der Waals surface area contributed by atoms with Gasteiger partial charge in [-0.3, -0.25) is 4.79 Å². The number of aryl methyl sites for hydroxylation is 1. The van der Waals surface area contributed by atoms with Crippen LogP contribution in [0.1, 0.15) is 28.8 Å². The zero-order chi connectivity index (χ0) is 18.2. The summed E-state index contributed by atoms with van der Waals surface area (Å²) in [6.07, 6.45) is 1.59. The predicted octanol–water partition coefficient (Wildman–Crippen LogP) is 2.97. The van der Waals surface area contributed by atoms with E-state index in [9.17, 15) is 22.0 Å². The molecule has 0 aliphatic heterocycles. The Labute approximate surface area is 144 Å². The Hall–Kier alpha value is -2.32. The molecule has 0 spiro atoms. The van der Waals surface area contributed by atoms with E-state index < -0.39 is 27.6 Å². The van der Waals surface area contributed by atoms with Crippen LogP contribution in [0, 0.1) is 18.6 Å². The molecular formula is C17H16F2N2O3S. The lowest BCUT2D eigenvalue weighted by molar-refractivity contribution is 0.102. The van der Waals surface area contributed by atoms with E-state index in [0.29, 0.717) is 11.6 Å². The van der Waals surface area contributed by atoms with Crippen LogP contribution in [-0.4, -0.2) is 20.4 Å². The lowest BCUT2D eigenvalue weighted by atomic mass is 10.1. The normalized spacial score (nSPS) is 14.4. The molecule has 2 N–H and O–H groups in total. The lowest BCUT2D eigenvalue weighted by Crippen LogP contribution is -2.26. The summed E-state index contributed by atoms with van der Waals surface area (Å²) in [6, 6.07) is 6.89. The first-order chi connectivity index (χ1) is 11.8. The lowest BCUT2D eigenvalue weighted by Gasteiger charge is -2.11. The van der Waals surface area contributed by atoms with E-state index in [0.717, 1.165) is 25.0 Å². The maximum Gasteiger partial charge on any atom is 0.256 e. The number of halogens is 2. The second-order valence-corrected chi connectivity index (χ2v) is 7.66. The van der Waals surface area contributed by atoms with Gasteiger partial charge in [-0.1, -0.05) is 6.07 Å². The molecule has 5 nitrogen and oxygen atoms in total. The number of anilines is 1. The van der Waals surface area contributed by atoms with E-state index >= 15 is 0 Å². The SMILES string of the molecule is Cc1ccc(S(=O)(=O)NC2CC2)cc1C(=O)Nc1ccc(F)cc1F. The third-order valence-electron chi connectivity index (χ3n) is 3.84. The molecule has 2 aromatic carbocycles. The fraction of sp³-hybridized carbons (Fsp3) is 0.235. The Morgan fingerprint density at radius 2 is 1.84 bits per heavy atom. The Kier molecular flexibility index (Phi) is 4.57. The van der Waals surface area contributed by atoms with Crippen molar-refractivity contribution in [1.82, 2.24) is 4.72 Å². The van der Waals surface area contributed by atoms with Crippen molar-refractivity contribution in [2.24, 2.45) is 0 Å². The number of carbonyl (C=O) groups excluding carboxylic acids is 1. The van der Waals surface area contributed by atoms with E-state index in [1.807, 2.05) is 0 Å². The molecule has 1 aliphatic carbocycles. The molecule has 0 heterocycles. The molecule has 3 rings (SSSR count). The van der Waals surface area contributed by atoms with Crippen LogP contribution < -0.4 is 10.0 Å². The second kappa shape index (κ2) is 6.53. The van der Waals surface area contributed by atoms with Crippen LogP contribution >= 0.6 is 0 Å². The minimum absolute atomic E-state index is 0.0327. The van der Waals surface area contributed by atoms with Crippen molar-refractivity contribution < 1.29 is 22.0 Å². The minimum Gasteiger partial charge on any atom is -0.319 e. The van der Waals surface area contributed by atoms with Gasteiger partial charge in [0.05, 0.1) is 10.6 Å². The molecule has 2 aromatic rings. The molecule has 1 saturated carbocycles. The molecule has 1 aliphatic rings. The highest BCUT2D eigenvalue weighted by Crippen LogP contribution is 2.24. The zero-order valence-corrected chi connectivity index (χ0v) is 14.2. The maximum atomic E-state index is 13.7. The summed E-state index contributed by atoms with van der Waals surface area (Å²) < 4.78 is 53.7. The van der Waals surface area contributed by atoms with Gasteiger partial charge in [-0.2, -0.15) is 0 Å². The summed E-state index contributed by atoms with van der Waals surface area (Å²) in [5.74, 6) is -2.34. The first kappa shape index (κ1) is 17.5. The summed E-state index contributed by atoms with van der Waals surface area (Å²) >= 11 is 0. The van der Waals surface area contributed by atoms with Gasteiger partial charge in [-0.05, 0) is 49.6 Å². The average molecular weight is 366 g/mol. The maximum absolute atomic E-state index is 13.7. The van der Waals surface area contributed by atoms with E-state index in [2.05, 4.69) is 10.0 Å². The van der Waals surface area contributed by atoms with Crippen LogP contribution in [0.25, 0.3) is 0 Å². The van der Waals surface area contributed by atoms with Crippen LogP contribution in [0.4, 0.5) is 14.5 Å². The predicted molar refractivity (Wildman–Crippen MR) is 88.8 cm³/mol. The van der Waals surface area contributed by atoms with E-state index in [-0.39, 0.29) is 22.2 Å². The summed E-state index contributed by atoms with van der Waals surface area (Å²) in [5.41, 5.74) is 0.447. The van der Waals surface area contributed by atoms with Crippen molar-refractivity contribution in [3.8, 4) is 0 Å². The van der Waals surface area contributed by atoms with Gasteiger partial charge in [0, 0.05) is 17.7 Å². The Morgan fingerprint density at radius 1 is 1.12 bits per heavy atom. The van der Waals surface area contributed by atoms with Gasteiger partial charge in [0.15, 0.2) is 0 Å². The molecule has 0 aromatic heterocycles. The standard InChI is InChI=1S/C17H16F2N2O3S/c1-10-2-6-13(25(23,24)21-12-4-5-12)9-14(10)17(22)20-16-7-3-11(18)8-15(16)19/h2-3,6-9,12,21H,4-5H2,1H3,(H,20,22). The first-order valence-corrected chi connectivity index (χ1v) is 9.14. The van der Waals surface area contributed by atoms with Crippen molar-refractivity contribution >= 4 is 21.6 Å². The monoisotopic (exact) mass is 366 g/mol. The molecule has 0 bridgehead atoms. The molecule has 0 saturated heterocycles. The molecular weight excluding hydrogens is 350 g/mol. The second-order valence-electron chi connectivity index (χ2n) is 5.95. The van der Waals surface area contributed by atoms with Gasteiger partial charge in [-0.25, -0.2) is 21.9 Å². The number of nitrogens with one attached hydrogen (secondary N) is 2. The summed E-state index contributed by atoms with van der Waals surface area (Å²) in [7, 11) is -3.71. The highest BCUT2D eigenvalue weighted by atomic mass is 32.2. The van der Waals surface area contributed by atoms with Crippen molar-refractivity contribution in [2.45, 2.75) is 30.7 Å². The third-order valence-corrected chi connectivity index (χ3v) is 5.36. The number of rotatable bonds is 5. The summed E-state index contributed by atoms with van der Waals surface area (Å²) in [4.78, 5) is 12.4. The molecule has 0 radical (unpaired) electrons. The van der Waals surface area contributed by atoms with Gasteiger partial charge < -0.3 is 5.32 Å². The highest BCUT2D eigenvalue weighted by Gasteiger charge is 2.28. The number of hydrogen-bond acceptors (Lipinski definition) is 3. The van der Waals surface area contributed by atoms with Crippen LogP contribution in [0.5, 0.6) is 0 Å². The smallest absolute Gasteiger partial charge is 0.256 e. The van der Waals surface area contributed by atoms with Gasteiger partial charge in [0.2, 0.25) is 10.0 Å². The third kappa shape index (κ3) is 4.02. The Balaban J connectivity index is 1.88. The number of benzene rings is 2. The van der Waals surface area contributed by atoms with Crippen LogP contribution in [-0.2, 0) is 10.0 Å². The first-order valence-electron chi connectivity index (χ1n) is 7.65. The Bertz CT molecular complexity index is 941. The quantitative estimate of drug-likeness (QED) is 0.854.